The van der Waals surface area contributed by atoms with Gasteiger partial charge in [0, 0.05) is 23.9 Å². The molecule has 0 aliphatic carbocycles. The number of hydrogen-bond acceptors (Lipinski definition) is 5. The van der Waals surface area contributed by atoms with Crippen LogP contribution in [-0.4, -0.2) is 36.6 Å². The smallest absolute Gasteiger partial charge is 0.322 e. The van der Waals surface area contributed by atoms with Crippen LogP contribution in [0.1, 0.15) is 24.4 Å². The molecule has 1 saturated heterocycles. The first-order chi connectivity index (χ1) is 13.4. The largest absolute Gasteiger partial charge is 0.497 e. The highest BCUT2D eigenvalue weighted by molar-refractivity contribution is 6.32. The Morgan fingerprint density at radius 1 is 1.25 bits per heavy atom. The van der Waals surface area contributed by atoms with Crippen LogP contribution in [-0.2, 0) is 0 Å². The summed E-state index contributed by atoms with van der Waals surface area (Å²) in [5.41, 5.74) is 0.910. The minimum absolute atomic E-state index is 0.0168. The van der Waals surface area contributed by atoms with Gasteiger partial charge in [-0.3, -0.25) is 10.1 Å². The van der Waals surface area contributed by atoms with Gasteiger partial charge in [-0.1, -0.05) is 11.6 Å². The number of carbonyl (C=O) groups excluding carboxylic acids is 1. The van der Waals surface area contributed by atoms with E-state index in [0.717, 1.165) is 18.4 Å². The summed E-state index contributed by atoms with van der Waals surface area (Å²) in [7, 11) is 3.16. The maximum Gasteiger partial charge on any atom is 0.322 e. The lowest BCUT2D eigenvalue weighted by Gasteiger charge is -2.27. The first-order valence-corrected chi connectivity index (χ1v) is 9.06. The van der Waals surface area contributed by atoms with E-state index in [1.807, 2.05) is 12.1 Å². The van der Waals surface area contributed by atoms with E-state index in [-0.39, 0.29) is 22.8 Å². The number of anilines is 1. The standard InChI is InChI=1S/C19H20ClN3O5/c1-27-13-6-8-18(28-2)14(11-13)16-4-3-9-22(16)19(24)21-12-5-7-15(20)17(10-12)23(25)26/h5-8,10-11,16H,3-4,9H2,1-2H3,(H,21,24). The second kappa shape index (κ2) is 8.35. The van der Waals surface area contributed by atoms with Gasteiger partial charge in [0.15, 0.2) is 0 Å². The summed E-state index contributed by atoms with van der Waals surface area (Å²) in [6.07, 6.45) is 1.61. The van der Waals surface area contributed by atoms with E-state index in [1.54, 1.807) is 25.2 Å². The molecule has 0 aromatic heterocycles. The number of nitro groups is 1. The number of carbonyl (C=O) groups is 1. The Morgan fingerprint density at radius 2 is 2.04 bits per heavy atom. The zero-order chi connectivity index (χ0) is 20.3. The normalized spacial score (nSPS) is 16.0. The molecule has 1 unspecified atom stereocenters. The number of benzene rings is 2. The lowest BCUT2D eigenvalue weighted by Crippen LogP contribution is -2.34. The Morgan fingerprint density at radius 3 is 2.71 bits per heavy atom. The summed E-state index contributed by atoms with van der Waals surface area (Å²) in [4.78, 5) is 25.0. The zero-order valence-electron chi connectivity index (χ0n) is 15.5. The van der Waals surface area contributed by atoms with Gasteiger partial charge in [0.05, 0.1) is 25.2 Å². The molecular weight excluding hydrogens is 386 g/mol. The summed E-state index contributed by atoms with van der Waals surface area (Å²) in [6, 6.07) is 9.11. The third kappa shape index (κ3) is 3.96. The molecule has 0 bridgehead atoms. The van der Waals surface area contributed by atoms with E-state index < -0.39 is 4.92 Å². The van der Waals surface area contributed by atoms with E-state index in [2.05, 4.69) is 5.32 Å². The molecule has 0 radical (unpaired) electrons. The first-order valence-electron chi connectivity index (χ1n) is 8.68. The molecule has 2 aromatic rings. The molecule has 148 valence electrons. The van der Waals surface area contributed by atoms with E-state index in [0.29, 0.717) is 23.7 Å². The number of rotatable bonds is 5. The summed E-state index contributed by atoms with van der Waals surface area (Å²) in [5, 5.41) is 13.8. The highest BCUT2D eigenvalue weighted by Crippen LogP contribution is 2.39. The quantitative estimate of drug-likeness (QED) is 0.577. The van der Waals surface area contributed by atoms with Crippen molar-refractivity contribution in [3.05, 3.63) is 57.1 Å². The number of nitrogens with one attached hydrogen (secondary N) is 1. The Labute approximate surface area is 167 Å². The molecule has 1 atom stereocenters. The number of ether oxygens (including phenoxy) is 2. The first kappa shape index (κ1) is 19.8. The van der Waals surface area contributed by atoms with Crippen molar-refractivity contribution < 1.29 is 19.2 Å². The number of methoxy groups -OCH3 is 2. The van der Waals surface area contributed by atoms with E-state index in [9.17, 15) is 14.9 Å². The minimum atomic E-state index is -0.586. The van der Waals surface area contributed by atoms with E-state index >= 15 is 0 Å². The predicted molar refractivity (Wildman–Crippen MR) is 105 cm³/mol. The molecule has 0 saturated carbocycles. The van der Waals surface area contributed by atoms with Gasteiger partial charge in [0.2, 0.25) is 0 Å². The fourth-order valence-corrected chi connectivity index (χ4v) is 3.55. The van der Waals surface area contributed by atoms with Crippen LogP contribution in [0, 0.1) is 10.1 Å². The van der Waals surface area contributed by atoms with Crippen molar-refractivity contribution in [1.29, 1.82) is 0 Å². The zero-order valence-corrected chi connectivity index (χ0v) is 16.2. The highest BCUT2D eigenvalue weighted by atomic mass is 35.5. The van der Waals surface area contributed by atoms with Gasteiger partial charge in [-0.2, -0.15) is 0 Å². The molecule has 8 nitrogen and oxygen atoms in total. The van der Waals surface area contributed by atoms with Gasteiger partial charge in [-0.05, 0) is 43.2 Å². The topological polar surface area (TPSA) is 93.9 Å². The molecule has 1 N–H and O–H groups in total. The Kier molecular flexibility index (Phi) is 5.89. The van der Waals surface area contributed by atoms with Crippen LogP contribution in [0.25, 0.3) is 0 Å². The summed E-state index contributed by atoms with van der Waals surface area (Å²) in [6.45, 7) is 0.562. The predicted octanol–water partition coefficient (Wildman–Crippen LogP) is 4.63. The van der Waals surface area contributed by atoms with Gasteiger partial charge in [0.1, 0.15) is 16.5 Å². The van der Waals surface area contributed by atoms with Gasteiger partial charge in [-0.25, -0.2) is 4.79 Å². The lowest BCUT2D eigenvalue weighted by molar-refractivity contribution is -0.384. The van der Waals surface area contributed by atoms with Crippen LogP contribution in [0.4, 0.5) is 16.2 Å². The molecule has 1 fully saturated rings. The van der Waals surface area contributed by atoms with Crippen LogP contribution in [0.5, 0.6) is 11.5 Å². The number of likely N-dealkylation sites (tertiary alicyclic amines) is 1. The van der Waals surface area contributed by atoms with Crippen LogP contribution in [0.15, 0.2) is 36.4 Å². The number of halogens is 1. The average molecular weight is 406 g/mol. The molecule has 28 heavy (non-hydrogen) atoms. The van der Waals surface area contributed by atoms with E-state index in [4.69, 9.17) is 21.1 Å². The van der Waals surface area contributed by atoms with Crippen molar-refractivity contribution in [1.82, 2.24) is 4.90 Å². The minimum Gasteiger partial charge on any atom is -0.497 e. The maximum atomic E-state index is 12.9. The molecule has 1 heterocycles. The Bertz CT molecular complexity index is 905. The van der Waals surface area contributed by atoms with Crippen LogP contribution in [0.3, 0.4) is 0 Å². The van der Waals surface area contributed by atoms with Gasteiger partial charge in [0.25, 0.3) is 5.69 Å². The Balaban J connectivity index is 1.84. The number of nitrogens with zero attached hydrogens (tertiary/aromatic N) is 2. The van der Waals surface area contributed by atoms with E-state index in [1.165, 1.54) is 18.2 Å². The van der Waals surface area contributed by atoms with Gasteiger partial charge >= 0.3 is 6.03 Å². The number of hydrogen-bond donors (Lipinski definition) is 1. The summed E-state index contributed by atoms with van der Waals surface area (Å²) < 4.78 is 10.8. The van der Waals surface area contributed by atoms with Gasteiger partial charge < -0.3 is 19.7 Å². The third-order valence-electron chi connectivity index (χ3n) is 4.70. The molecule has 0 spiro atoms. The maximum absolute atomic E-state index is 12.9. The second-order valence-corrected chi connectivity index (χ2v) is 6.72. The monoisotopic (exact) mass is 405 g/mol. The molecule has 1 aliphatic rings. The fourth-order valence-electron chi connectivity index (χ4n) is 3.36. The fraction of sp³-hybridized carbons (Fsp3) is 0.316. The van der Waals surface area contributed by atoms with Crippen LogP contribution in [0.2, 0.25) is 5.02 Å². The number of urea groups is 1. The van der Waals surface area contributed by atoms with Crippen molar-refractivity contribution in [2.24, 2.45) is 0 Å². The molecule has 3 rings (SSSR count). The molecule has 2 amide bonds. The van der Waals surface area contributed by atoms with Crippen LogP contribution >= 0.6 is 11.6 Å². The molecule has 9 heteroatoms. The second-order valence-electron chi connectivity index (χ2n) is 6.31. The SMILES string of the molecule is COc1ccc(OC)c(C2CCCN2C(=O)Nc2ccc(Cl)c([N+](=O)[O-])c2)c1. The van der Waals surface area contributed by atoms with Crippen molar-refractivity contribution in [2.45, 2.75) is 18.9 Å². The lowest BCUT2D eigenvalue weighted by atomic mass is 10.0. The Hall–Kier alpha value is -3.00. The highest BCUT2D eigenvalue weighted by Gasteiger charge is 2.32. The molecule has 1 aliphatic heterocycles. The number of amides is 2. The molecule has 2 aromatic carbocycles. The number of nitro benzene ring substituents is 1. The van der Waals surface area contributed by atoms with Crippen LogP contribution < -0.4 is 14.8 Å². The average Bonchev–Trinajstić information content (AvgIpc) is 3.18. The van der Waals surface area contributed by atoms with Gasteiger partial charge in [-0.15, -0.1) is 0 Å². The van der Waals surface area contributed by atoms with Crippen molar-refractivity contribution in [2.75, 3.05) is 26.1 Å². The van der Waals surface area contributed by atoms with Crippen molar-refractivity contribution in [3.8, 4) is 11.5 Å². The summed E-state index contributed by atoms with van der Waals surface area (Å²) in [5.74, 6) is 1.35. The third-order valence-corrected chi connectivity index (χ3v) is 5.02. The van der Waals surface area contributed by atoms with Crippen molar-refractivity contribution in [3.63, 3.8) is 0 Å². The van der Waals surface area contributed by atoms with Crippen molar-refractivity contribution >= 4 is 29.0 Å². The summed E-state index contributed by atoms with van der Waals surface area (Å²) >= 11 is 5.83. The molecular formula is C19H20ClN3O5.